The lowest BCUT2D eigenvalue weighted by atomic mass is 10.1. The van der Waals surface area contributed by atoms with Crippen LogP contribution in [0.15, 0.2) is 36.4 Å². The first-order chi connectivity index (χ1) is 11.1. The van der Waals surface area contributed by atoms with Crippen molar-refractivity contribution in [3.05, 3.63) is 47.5 Å². The standard InChI is InChI=1S/C14H10F3NO5S/c15-14(16,17)24(21,22)23-11-7-3-6-10(11)18-12(19)8-4-1-2-5-9(8)13(18)20/h1-6,10-11H,7H2/t10-,11-/m1/s1. The molecule has 0 N–H and O–H groups in total. The van der Waals surface area contributed by atoms with E-state index in [1.807, 2.05) is 0 Å². The average molecular weight is 361 g/mol. The average Bonchev–Trinajstić information content (AvgIpc) is 3.02. The highest BCUT2D eigenvalue weighted by Gasteiger charge is 2.51. The van der Waals surface area contributed by atoms with Crippen LogP contribution in [0.1, 0.15) is 27.1 Å². The first kappa shape index (κ1) is 16.7. The van der Waals surface area contributed by atoms with E-state index in [9.17, 15) is 31.2 Å². The predicted molar refractivity (Wildman–Crippen MR) is 74.3 cm³/mol. The molecule has 1 aromatic carbocycles. The Balaban J connectivity index is 1.89. The molecule has 0 bridgehead atoms. The summed E-state index contributed by atoms with van der Waals surface area (Å²) in [5.74, 6) is -1.41. The van der Waals surface area contributed by atoms with E-state index in [4.69, 9.17) is 0 Å². The molecule has 0 saturated heterocycles. The first-order valence-corrected chi connectivity index (χ1v) is 8.17. The van der Waals surface area contributed by atoms with Crippen molar-refractivity contribution >= 4 is 21.9 Å². The van der Waals surface area contributed by atoms with Gasteiger partial charge in [-0.2, -0.15) is 21.6 Å². The molecule has 1 aliphatic carbocycles. The molecule has 0 fully saturated rings. The van der Waals surface area contributed by atoms with E-state index in [-0.39, 0.29) is 17.5 Å². The highest BCUT2D eigenvalue weighted by atomic mass is 32.2. The minimum absolute atomic E-state index is 0.111. The number of carbonyl (C=O) groups is 2. The van der Waals surface area contributed by atoms with E-state index >= 15 is 0 Å². The third-order valence-corrected chi connectivity index (χ3v) is 4.81. The Morgan fingerprint density at radius 2 is 1.62 bits per heavy atom. The van der Waals surface area contributed by atoms with Gasteiger partial charge in [-0.3, -0.25) is 18.7 Å². The molecule has 0 spiro atoms. The van der Waals surface area contributed by atoms with Crippen molar-refractivity contribution in [1.82, 2.24) is 4.90 Å². The van der Waals surface area contributed by atoms with Crippen LogP contribution in [-0.4, -0.2) is 42.8 Å². The SMILES string of the molecule is O=C1c2ccccc2C(=O)N1[C@@H]1C=CC[C@H]1OS(=O)(=O)C(F)(F)F. The Kier molecular flexibility index (Phi) is 3.76. The Hall–Kier alpha value is -2.20. The van der Waals surface area contributed by atoms with Crippen LogP contribution in [0.3, 0.4) is 0 Å². The van der Waals surface area contributed by atoms with Crippen molar-refractivity contribution in [2.24, 2.45) is 0 Å². The molecule has 1 aliphatic heterocycles. The molecule has 1 heterocycles. The Morgan fingerprint density at radius 3 is 2.12 bits per heavy atom. The molecule has 2 aliphatic rings. The summed E-state index contributed by atoms with van der Waals surface area (Å²) in [7, 11) is -5.84. The molecule has 128 valence electrons. The number of rotatable bonds is 3. The van der Waals surface area contributed by atoms with Gasteiger partial charge in [0.05, 0.1) is 17.2 Å². The first-order valence-electron chi connectivity index (χ1n) is 6.76. The number of hydrogen-bond acceptors (Lipinski definition) is 5. The smallest absolute Gasteiger partial charge is 0.269 e. The molecule has 0 unspecified atom stereocenters. The maximum absolute atomic E-state index is 12.5. The molecule has 2 atom stereocenters. The number of carbonyl (C=O) groups excluding carboxylic acids is 2. The van der Waals surface area contributed by atoms with Crippen molar-refractivity contribution < 1.29 is 35.4 Å². The summed E-state index contributed by atoms with van der Waals surface area (Å²) in [6, 6.07) is 4.68. The lowest BCUT2D eigenvalue weighted by Crippen LogP contribution is -2.46. The zero-order chi connectivity index (χ0) is 17.7. The zero-order valence-corrected chi connectivity index (χ0v) is 12.7. The van der Waals surface area contributed by atoms with Gasteiger partial charge in [0.15, 0.2) is 0 Å². The second kappa shape index (κ2) is 5.42. The van der Waals surface area contributed by atoms with E-state index < -0.39 is 39.6 Å². The van der Waals surface area contributed by atoms with Crippen LogP contribution in [0.25, 0.3) is 0 Å². The predicted octanol–water partition coefficient (Wildman–Crippen LogP) is 1.85. The Morgan fingerprint density at radius 1 is 1.08 bits per heavy atom. The number of fused-ring (bicyclic) bond motifs is 1. The van der Waals surface area contributed by atoms with E-state index in [0.717, 1.165) is 4.90 Å². The second-order valence-electron chi connectivity index (χ2n) is 5.21. The van der Waals surface area contributed by atoms with Gasteiger partial charge in [0.1, 0.15) is 6.10 Å². The van der Waals surface area contributed by atoms with E-state index in [0.29, 0.717) is 0 Å². The maximum Gasteiger partial charge on any atom is 0.523 e. The van der Waals surface area contributed by atoms with Crippen LogP contribution in [0.5, 0.6) is 0 Å². The Bertz CT molecular complexity index is 811. The van der Waals surface area contributed by atoms with Gasteiger partial charge in [0.25, 0.3) is 11.8 Å². The van der Waals surface area contributed by atoms with Gasteiger partial charge in [-0.05, 0) is 18.6 Å². The molecule has 6 nitrogen and oxygen atoms in total. The highest BCUT2D eigenvalue weighted by molar-refractivity contribution is 7.87. The molecule has 0 radical (unpaired) electrons. The summed E-state index contributed by atoms with van der Waals surface area (Å²) in [6.07, 6.45) is 0.968. The van der Waals surface area contributed by atoms with E-state index in [1.54, 1.807) is 12.1 Å². The Labute approximate surface area is 134 Å². The summed E-state index contributed by atoms with van der Waals surface area (Å²) in [5, 5.41) is 0. The maximum atomic E-state index is 12.5. The fraction of sp³-hybridized carbons (Fsp3) is 0.286. The van der Waals surface area contributed by atoms with Crippen molar-refractivity contribution in [2.45, 2.75) is 24.1 Å². The molecule has 2 amide bonds. The van der Waals surface area contributed by atoms with E-state index in [1.165, 1.54) is 24.3 Å². The number of halogens is 3. The summed E-state index contributed by atoms with van der Waals surface area (Å²) < 4.78 is 64.0. The summed E-state index contributed by atoms with van der Waals surface area (Å²) >= 11 is 0. The quantitative estimate of drug-likeness (QED) is 0.355. The molecule has 1 aromatic rings. The van der Waals surface area contributed by atoms with Crippen molar-refractivity contribution in [1.29, 1.82) is 0 Å². The summed E-state index contributed by atoms with van der Waals surface area (Å²) in [4.78, 5) is 25.4. The number of amides is 2. The molecular weight excluding hydrogens is 351 g/mol. The number of alkyl halides is 3. The molecular formula is C14H10F3NO5S. The van der Waals surface area contributed by atoms with Crippen LogP contribution in [0.4, 0.5) is 13.2 Å². The zero-order valence-electron chi connectivity index (χ0n) is 11.9. The number of imide groups is 1. The van der Waals surface area contributed by atoms with Gasteiger partial charge in [0.2, 0.25) is 0 Å². The second-order valence-corrected chi connectivity index (χ2v) is 6.78. The fourth-order valence-electron chi connectivity index (χ4n) is 2.66. The van der Waals surface area contributed by atoms with Gasteiger partial charge < -0.3 is 0 Å². The van der Waals surface area contributed by atoms with Gasteiger partial charge in [-0.15, -0.1) is 0 Å². The topological polar surface area (TPSA) is 80.8 Å². The molecule has 24 heavy (non-hydrogen) atoms. The molecule has 10 heteroatoms. The summed E-state index contributed by atoms with van der Waals surface area (Å²) in [5.41, 5.74) is -5.36. The van der Waals surface area contributed by atoms with Crippen LogP contribution >= 0.6 is 0 Å². The number of nitrogens with zero attached hydrogens (tertiary/aromatic N) is 1. The normalized spacial score (nSPS) is 23.9. The molecule has 3 rings (SSSR count). The van der Waals surface area contributed by atoms with Gasteiger partial charge in [0, 0.05) is 0 Å². The largest absolute Gasteiger partial charge is 0.523 e. The number of hydrogen-bond donors (Lipinski definition) is 0. The molecule has 0 saturated carbocycles. The van der Waals surface area contributed by atoms with Gasteiger partial charge in [-0.1, -0.05) is 24.3 Å². The van der Waals surface area contributed by atoms with Crippen LogP contribution in [-0.2, 0) is 14.3 Å². The third-order valence-electron chi connectivity index (χ3n) is 3.74. The monoisotopic (exact) mass is 361 g/mol. The van der Waals surface area contributed by atoms with Crippen molar-refractivity contribution in [3.8, 4) is 0 Å². The van der Waals surface area contributed by atoms with Gasteiger partial charge in [-0.25, -0.2) is 0 Å². The van der Waals surface area contributed by atoms with Crippen LogP contribution in [0.2, 0.25) is 0 Å². The minimum Gasteiger partial charge on any atom is -0.269 e. The van der Waals surface area contributed by atoms with Gasteiger partial charge >= 0.3 is 15.6 Å². The number of benzene rings is 1. The fourth-order valence-corrected chi connectivity index (χ4v) is 3.29. The third kappa shape index (κ3) is 2.51. The van der Waals surface area contributed by atoms with Crippen molar-refractivity contribution in [2.75, 3.05) is 0 Å². The summed E-state index contributed by atoms with van der Waals surface area (Å²) in [6.45, 7) is 0. The minimum atomic E-state index is -5.84. The van der Waals surface area contributed by atoms with E-state index in [2.05, 4.69) is 4.18 Å². The lowest BCUT2D eigenvalue weighted by molar-refractivity contribution is -0.0584. The molecule has 0 aromatic heterocycles. The van der Waals surface area contributed by atoms with Crippen LogP contribution in [0, 0.1) is 0 Å². The van der Waals surface area contributed by atoms with Crippen molar-refractivity contribution in [3.63, 3.8) is 0 Å². The van der Waals surface area contributed by atoms with Crippen LogP contribution < -0.4 is 0 Å². The highest BCUT2D eigenvalue weighted by Crippen LogP contribution is 2.33. The lowest BCUT2D eigenvalue weighted by Gasteiger charge is -2.27.